The molecule has 1 aromatic rings. The van der Waals surface area contributed by atoms with Gasteiger partial charge >= 0.3 is 0 Å². The van der Waals surface area contributed by atoms with Crippen LogP contribution in [0.25, 0.3) is 0 Å². The maximum atomic E-state index is 12.6. The van der Waals surface area contributed by atoms with Gasteiger partial charge in [0.1, 0.15) is 0 Å². The normalized spacial score (nSPS) is 19.1. The van der Waals surface area contributed by atoms with Crippen LogP contribution in [0.3, 0.4) is 0 Å². The van der Waals surface area contributed by atoms with Crippen molar-refractivity contribution in [3.8, 4) is 0 Å². The molecule has 132 valence electrons. The molecule has 2 fully saturated rings. The van der Waals surface area contributed by atoms with Gasteiger partial charge in [0.15, 0.2) is 5.69 Å². The molecule has 1 aromatic heterocycles. The van der Waals surface area contributed by atoms with Crippen molar-refractivity contribution in [1.82, 2.24) is 24.5 Å². The summed E-state index contributed by atoms with van der Waals surface area (Å²) < 4.78 is 1.63. The Hall–Kier alpha value is -1.60. The van der Waals surface area contributed by atoms with Gasteiger partial charge in [-0.1, -0.05) is 11.6 Å². The summed E-state index contributed by atoms with van der Waals surface area (Å²) in [7, 11) is 1.78. The molecule has 0 atom stereocenters. The summed E-state index contributed by atoms with van der Waals surface area (Å²) in [6.07, 6.45) is 2.22. The summed E-state index contributed by atoms with van der Waals surface area (Å²) in [5, 5.41) is 4.65. The molecule has 0 bridgehead atoms. The van der Waals surface area contributed by atoms with Crippen molar-refractivity contribution in [2.24, 2.45) is 7.05 Å². The zero-order chi connectivity index (χ0) is 17.3. The predicted octanol–water partition coefficient (Wildman–Crippen LogP) is 0.762. The smallest absolute Gasteiger partial charge is 0.276 e. The van der Waals surface area contributed by atoms with Gasteiger partial charge in [0.2, 0.25) is 5.91 Å². The van der Waals surface area contributed by atoms with E-state index >= 15 is 0 Å². The van der Waals surface area contributed by atoms with Gasteiger partial charge in [-0.2, -0.15) is 5.10 Å². The standard InChI is InChI=1S/C16H24ClN5O2/c1-12-14(17)15(18-19(12)2)16(24)22-9-7-20(8-10-22)11-13(23)21-5-3-4-6-21/h3-11H2,1-2H3. The van der Waals surface area contributed by atoms with Crippen LogP contribution in [0.1, 0.15) is 29.0 Å². The van der Waals surface area contributed by atoms with Gasteiger partial charge < -0.3 is 9.80 Å². The van der Waals surface area contributed by atoms with Gasteiger partial charge in [0.05, 0.1) is 17.3 Å². The van der Waals surface area contributed by atoms with Gasteiger partial charge in [-0.05, 0) is 19.8 Å². The largest absolute Gasteiger partial charge is 0.342 e. The molecule has 2 aliphatic rings. The van der Waals surface area contributed by atoms with E-state index in [0.717, 1.165) is 31.6 Å². The SMILES string of the molecule is Cc1c(Cl)c(C(=O)N2CCN(CC(=O)N3CCCC3)CC2)nn1C. The van der Waals surface area contributed by atoms with Crippen molar-refractivity contribution in [3.05, 3.63) is 16.4 Å². The van der Waals surface area contributed by atoms with Crippen molar-refractivity contribution >= 4 is 23.4 Å². The Bertz CT molecular complexity index is 631. The Balaban J connectivity index is 1.53. The van der Waals surface area contributed by atoms with Gasteiger partial charge in [-0.25, -0.2) is 0 Å². The molecule has 2 saturated heterocycles. The number of carbonyl (C=O) groups excluding carboxylic acids is 2. The first-order chi connectivity index (χ1) is 11.5. The fraction of sp³-hybridized carbons (Fsp3) is 0.688. The van der Waals surface area contributed by atoms with E-state index in [1.54, 1.807) is 16.6 Å². The molecular weight excluding hydrogens is 330 g/mol. The van der Waals surface area contributed by atoms with Crippen LogP contribution in [0.15, 0.2) is 0 Å². The summed E-state index contributed by atoms with van der Waals surface area (Å²) in [4.78, 5) is 30.6. The number of likely N-dealkylation sites (tertiary alicyclic amines) is 1. The molecule has 0 spiro atoms. The van der Waals surface area contributed by atoms with Crippen LogP contribution < -0.4 is 0 Å². The quantitative estimate of drug-likeness (QED) is 0.805. The summed E-state index contributed by atoms with van der Waals surface area (Å²) in [6, 6.07) is 0. The Morgan fingerprint density at radius 2 is 1.67 bits per heavy atom. The lowest BCUT2D eigenvalue weighted by atomic mass is 10.2. The van der Waals surface area contributed by atoms with Crippen molar-refractivity contribution < 1.29 is 9.59 Å². The number of aromatic nitrogens is 2. The van der Waals surface area contributed by atoms with Gasteiger partial charge in [0.25, 0.3) is 5.91 Å². The highest BCUT2D eigenvalue weighted by molar-refractivity contribution is 6.34. The molecule has 24 heavy (non-hydrogen) atoms. The van der Waals surface area contributed by atoms with E-state index in [-0.39, 0.29) is 11.8 Å². The Morgan fingerprint density at radius 1 is 1.04 bits per heavy atom. The molecular formula is C16H24ClN5O2. The third-order valence-electron chi connectivity index (χ3n) is 4.94. The highest BCUT2D eigenvalue weighted by Crippen LogP contribution is 2.21. The third-order valence-corrected chi connectivity index (χ3v) is 5.39. The predicted molar refractivity (Wildman–Crippen MR) is 91.1 cm³/mol. The molecule has 0 saturated carbocycles. The number of hydrogen-bond donors (Lipinski definition) is 0. The van der Waals surface area contributed by atoms with Crippen molar-refractivity contribution in [2.45, 2.75) is 19.8 Å². The highest BCUT2D eigenvalue weighted by Gasteiger charge is 2.28. The number of hydrogen-bond acceptors (Lipinski definition) is 4. The van der Waals surface area contributed by atoms with Crippen molar-refractivity contribution in [1.29, 1.82) is 0 Å². The molecule has 3 rings (SSSR count). The van der Waals surface area contributed by atoms with Crippen molar-refractivity contribution in [2.75, 3.05) is 45.8 Å². The summed E-state index contributed by atoms with van der Waals surface area (Å²) in [5.74, 6) is 0.0740. The second-order valence-corrected chi connectivity index (χ2v) is 6.91. The molecule has 2 amide bonds. The first kappa shape index (κ1) is 17.2. The number of halogens is 1. The number of aryl methyl sites for hydroxylation is 1. The van der Waals surface area contributed by atoms with E-state index in [9.17, 15) is 9.59 Å². The average Bonchev–Trinajstić information content (AvgIpc) is 3.20. The molecule has 0 N–H and O–H groups in total. The molecule has 3 heterocycles. The number of piperazine rings is 1. The maximum absolute atomic E-state index is 12.6. The highest BCUT2D eigenvalue weighted by atomic mass is 35.5. The minimum Gasteiger partial charge on any atom is -0.342 e. The molecule has 8 heteroatoms. The van der Waals surface area contributed by atoms with Gasteiger partial charge in [-0.15, -0.1) is 0 Å². The van der Waals surface area contributed by atoms with E-state index in [4.69, 9.17) is 11.6 Å². The van der Waals surface area contributed by atoms with E-state index < -0.39 is 0 Å². The zero-order valence-corrected chi connectivity index (χ0v) is 15.1. The van der Waals surface area contributed by atoms with Crippen LogP contribution in [0, 0.1) is 6.92 Å². The van der Waals surface area contributed by atoms with Crippen LogP contribution in [-0.2, 0) is 11.8 Å². The average molecular weight is 354 g/mol. The fourth-order valence-electron chi connectivity index (χ4n) is 3.24. The lowest BCUT2D eigenvalue weighted by molar-refractivity contribution is -0.131. The summed E-state index contributed by atoms with van der Waals surface area (Å²) >= 11 is 6.21. The van der Waals surface area contributed by atoms with Crippen LogP contribution in [0.4, 0.5) is 0 Å². The summed E-state index contributed by atoms with van der Waals surface area (Å²) in [5.41, 5.74) is 1.10. The Morgan fingerprint density at radius 3 is 2.21 bits per heavy atom. The minimum atomic E-state index is -0.130. The first-order valence-corrected chi connectivity index (χ1v) is 8.83. The van der Waals surface area contributed by atoms with Crippen LogP contribution >= 0.6 is 11.6 Å². The Kier molecular flexibility index (Phi) is 5.10. The number of nitrogens with zero attached hydrogens (tertiary/aromatic N) is 5. The minimum absolute atomic E-state index is 0.130. The van der Waals surface area contributed by atoms with E-state index in [1.165, 1.54) is 0 Å². The second-order valence-electron chi connectivity index (χ2n) is 6.53. The van der Waals surface area contributed by atoms with E-state index in [1.807, 2.05) is 11.8 Å². The van der Waals surface area contributed by atoms with Crippen LogP contribution in [0.5, 0.6) is 0 Å². The van der Waals surface area contributed by atoms with Crippen molar-refractivity contribution in [3.63, 3.8) is 0 Å². The molecule has 0 aliphatic carbocycles. The van der Waals surface area contributed by atoms with E-state index in [2.05, 4.69) is 10.00 Å². The fourth-order valence-corrected chi connectivity index (χ4v) is 3.48. The number of rotatable bonds is 3. The molecule has 7 nitrogen and oxygen atoms in total. The Labute approximate surface area is 147 Å². The van der Waals surface area contributed by atoms with Crippen LogP contribution in [0.2, 0.25) is 5.02 Å². The molecule has 0 unspecified atom stereocenters. The van der Waals surface area contributed by atoms with Crippen LogP contribution in [-0.4, -0.2) is 82.1 Å². The third kappa shape index (κ3) is 3.42. The number of amides is 2. The molecule has 2 aliphatic heterocycles. The summed E-state index contributed by atoms with van der Waals surface area (Å²) in [6.45, 7) is 6.66. The monoisotopic (exact) mass is 353 g/mol. The molecule has 0 radical (unpaired) electrons. The first-order valence-electron chi connectivity index (χ1n) is 8.46. The van der Waals surface area contributed by atoms with Gasteiger partial charge in [0, 0.05) is 46.3 Å². The maximum Gasteiger partial charge on any atom is 0.276 e. The lowest BCUT2D eigenvalue weighted by Crippen LogP contribution is -2.51. The molecule has 0 aromatic carbocycles. The lowest BCUT2D eigenvalue weighted by Gasteiger charge is -2.34. The second kappa shape index (κ2) is 7.11. The van der Waals surface area contributed by atoms with E-state index in [0.29, 0.717) is 43.4 Å². The number of carbonyl (C=O) groups is 2. The topological polar surface area (TPSA) is 61.7 Å². The van der Waals surface area contributed by atoms with Gasteiger partial charge in [-0.3, -0.25) is 19.2 Å². The zero-order valence-electron chi connectivity index (χ0n) is 14.3.